The van der Waals surface area contributed by atoms with Crippen LogP contribution in [0.4, 0.5) is 0 Å². The molecule has 1 unspecified atom stereocenters. The Balaban J connectivity index is 2.38. The minimum atomic E-state index is -3.52. The molecule has 0 radical (unpaired) electrons. The highest BCUT2D eigenvalue weighted by Gasteiger charge is 2.22. The second kappa shape index (κ2) is 5.82. The lowest BCUT2D eigenvalue weighted by Gasteiger charge is -2.05. The van der Waals surface area contributed by atoms with Crippen molar-refractivity contribution in [3.63, 3.8) is 0 Å². The van der Waals surface area contributed by atoms with E-state index in [1.54, 1.807) is 24.4 Å². The van der Waals surface area contributed by atoms with Crippen LogP contribution in [0.2, 0.25) is 0 Å². The fourth-order valence-corrected chi connectivity index (χ4v) is 2.71. The van der Waals surface area contributed by atoms with Gasteiger partial charge in [0.2, 0.25) is 15.0 Å². The van der Waals surface area contributed by atoms with Crippen LogP contribution >= 0.6 is 0 Å². The van der Waals surface area contributed by atoms with Crippen molar-refractivity contribution in [1.29, 1.82) is 0 Å². The van der Waals surface area contributed by atoms with Gasteiger partial charge in [0.25, 0.3) is 5.91 Å². The number of rotatable bonds is 5. The van der Waals surface area contributed by atoms with E-state index >= 15 is 0 Å². The molecule has 0 aliphatic rings. The molecule has 21 heavy (non-hydrogen) atoms. The number of hydrogen-bond donors (Lipinski definition) is 2. The number of aromatic nitrogens is 2. The maximum atomic E-state index is 12.2. The van der Waals surface area contributed by atoms with Gasteiger partial charge in [-0.15, -0.1) is 0 Å². The Labute approximate surface area is 123 Å². The molecule has 2 aromatic heterocycles. The maximum Gasteiger partial charge on any atom is 0.272 e. The summed E-state index contributed by atoms with van der Waals surface area (Å²) >= 11 is 0. The summed E-state index contributed by atoms with van der Waals surface area (Å²) in [7, 11) is -3.52. The van der Waals surface area contributed by atoms with Crippen molar-refractivity contribution >= 4 is 21.3 Å². The van der Waals surface area contributed by atoms with Crippen molar-refractivity contribution < 1.29 is 13.2 Å². The molecule has 0 fully saturated rings. The van der Waals surface area contributed by atoms with E-state index in [-0.39, 0.29) is 16.9 Å². The number of amides is 1. The largest absolute Gasteiger partial charge is 0.351 e. The molecule has 2 rings (SSSR count). The quantitative estimate of drug-likeness (QED) is 0.820. The van der Waals surface area contributed by atoms with E-state index in [0.717, 1.165) is 6.26 Å². The van der Waals surface area contributed by atoms with E-state index in [4.69, 9.17) is 5.73 Å². The lowest BCUT2D eigenvalue weighted by Crippen LogP contribution is -2.29. The zero-order valence-corrected chi connectivity index (χ0v) is 12.7. The zero-order chi connectivity index (χ0) is 15.6. The first-order valence-electron chi connectivity index (χ1n) is 6.51. The standard InChI is InChI=1S/C13H18N4O3S/c1-9(14)6-7-15-12(18)11-10-5-3-4-8-17(10)13(16-11)21(2,19)20/h3-5,8-9H,6-7,14H2,1-2H3,(H,15,18). The normalized spacial score (nSPS) is 13.3. The Kier molecular flexibility index (Phi) is 4.29. The molecule has 8 heteroatoms. The molecule has 3 N–H and O–H groups in total. The molecule has 0 aliphatic carbocycles. The van der Waals surface area contributed by atoms with Gasteiger partial charge in [0.05, 0.1) is 5.52 Å². The van der Waals surface area contributed by atoms with Crippen molar-refractivity contribution in [2.24, 2.45) is 5.73 Å². The molecule has 2 heterocycles. The second-order valence-electron chi connectivity index (χ2n) is 4.99. The SMILES string of the molecule is CC(N)CCNC(=O)c1nc(S(C)(=O)=O)n2ccccc12. The molecule has 7 nitrogen and oxygen atoms in total. The summed E-state index contributed by atoms with van der Waals surface area (Å²) in [5, 5.41) is 2.55. The highest BCUT2D eigenvalue weighted by molar-refractivity contribution is 7.90. The molecule has 1 amide bonds. The van der Waals surface area contributed by atoms with Crippen molar-refractivity contribution in [2.45, 2.75) is 24.5 Å². The summed E-state index contributed by atoms with van der Waals surface area (Å²) in [6.07, 6.45) is 3.26. The molecule has 0 saturated heterocycles. The first-order valence-corrected chi connectivity index (χ1v) is 8.41. The number of fused-ring (bicyclic) bond motifs is 1. The summed E-state index contributed by atoms with van der Waals surface area (Å²) in [5.74, 6) is -0.408. The van der Waals surface area contributed by atoms with E-state index in [2.05, 4.69) is 10.3 Å². The van der Waals surface area contributed by atoms with Gasteiger partial charge in [-0.3, -0.25) is 9.20 Å². The molecule has 0 saturated carbocycles. The average molecular weight is 310 g/mol. The summed E-state index contributed by atoms with van der Waals surface area (Å²) in [5.41, 5.74) is 6.17. The van der Waals surface area contributed by atoms with Crippen LogP contribution in [0.1, 0.15) is 23.8 Å². The number of pyridine rings is 1. The minimum absolute atomic E-state index is 0.0179. The monoisotopic (exact) mass is 310 g/mol. The first-order chi connectivity index (χ1) is 9.80. The Bertz CT molecular complexity index is 765. The van der Waals surface area contributed by atoms with Crippen LogP contribution in [-0.4, -0.2) is 42.6 Å². The number of nitrogens with two attached hydrogens (primary N) is 1. The van der Waals surface area contributed by atoms with Crippen LogP contribution in [0, 0.1) is 0 Å². The van der Waals surface area contributed by atoms with Crippen LogP contribution < -0.4 is 11.1 Å². The van der Waals surface area contributed by atoms with Crippen molar-refractivity contribution in [3.05, 3.63) is 30.1 Å². The van der Waals surface area contributed by atoms with Gasteiger partial charge in [0, 0.05) is 25.0 Å². The third-order valence-corrected chi connectivity index (χ3v) is 3.90. The highest BCUT2D eigenvalue weighted by atomic mass is 32.2. The van der Waals surface area contributed by atoms with Crippen molar-refractivity contribution in [2.75, 3.05) is 12.8 Å². The van der Waals surface area contributed by atoms with Crippen molar-refractivity contribution in [1.82, 2.24) is 14.7 Å². The van der Waals surface area contributed by atoms with Gasteiger partial charge in [-0.25, -0.2) is 13.4 Å². The zero-order valence-electron chi connectivity index (χ0n) is 11.9. The van der Waals surface area contributed by atoms with Gasteiger partial charge in [0.15, 0.2) is 5.69 Å². The molecule has 0 aromatic carbocycles. The second-order valence-corrected chi connectivity index (χ2v) is 6.90. The fraction of sp³-hybridized carbons (Fsp3) is 0.385. The number of imidazole rings is 1. The van der Waals surface area contributed by atoms with Gasteiger partial charge >= 0.3 is 0 Å². The third kappa shape index (κ3) is 3.40. The Morgan fingerprint density at radius 3 is 2.81 bits per heavy atom. The number of nitrogens with one attached hydrogen (secondary N) is 1. The lowest BCUT2D eigenvalue weighted by molar-refractivity contribution is 0.0949. The summed E-state index contributed by atoms with van der Waals surface area (Å²) in [6.45, 7) is 2.26. The first kappa shape index (κ1) is 15.5. The van der Waals surface area contributed by atoms with E-state index < -0.39 is 15.7 Å². The molecule has 0 bridgehead atoms. The Morgan fingerprint density at radius 2 is 2.19 bits per heavy atom. The van der Waals surface area contributed by atoms with Gasteiger partial charge in [-0.2, -0.15) is 0 Å². The van der Waals surface area contributed by atoms with Gasteiger partial charge in [-0.1, -0.05) is 6.07 Å². The number of hydrogen-bond acceptors (Lipinski definition) is 5. The summed E-state index contributed by atoms with van der Waals surface area (Å²) < 4.78 is 24.9. The number of carbonyl (C=O) groups is 1. The third-order valence-electron chi connectivity index (χ3n) is 2.95. The van der Waals surface area contributed by atoms with Crippen LogP contribution in [0.25, 0.3) is 5.52 Å². The molecule has 114 valence electrons. The molecule has 2 aromatic rings. The molecule has 0 aliphatic heterocycles. The van der Waals surface area contributed by atoms with Gasteiger partial charge in [-0.05, 0) is 25.5 Å². The number of nitrogens with zero attached hydrogens (tertiary/aromatic N) is 2. The predicted octanol–water partition coefficient (Wildman–Crippen LogP) is 0.205. The lowest BCUT2D eigenvalue weighted by atomic mass is 10.2. The van der Waals surface area contributed by atoms with Crippen LogP contribution in [0.5, 0.6) is 0 Å². The maximum absolute atomic E-state index is 12.2. The molecular weight excluding hydrogens is 292 g/mol. The van der Waals surface area contributed by atoms with Crippen LogP contribution in [-0.2, 0) is 9.84 Å². The Morgan fingerprint density at radius 1 is 1.48 bits per heavy atom. The fourth-order valence-electron chi connectivity index (χ4n) is 1.94. The topological polar surface area (TPSA) is 107 Å². The van der Waals surface area contributed by atoms with E-state index in [0.29, 0.717) is 18.5 Å². The number of sulfone groups is 1. The van der Waals surface area contributed by atoms with E-state index in [1.807, 2.05) is 6.92 Å². The van der Waals surface area contributed by atoms with Crippen molar-refractivity contribution in [3.8, 4) is 0 Å². The molecule has 0 spiro atoms. The van der Waals surface area contributed by atoms with Crippen LogP contribution in [0.15, 0.2) is 29.6 Å². The van der Waals surface area contributed by atoms with Crippen LogP contribution in [0.3, 0.4) is 0 Å². The average Bonchev–Trinajstić information content (AvgIpc) is 2.77. The number of carbonyl (C=O) groups excluding carboxylic acids is 1. The van der Waals surface area contributed by atoms with Gasteiger partial charge < -0.3 is 11.1 Å². The molecular formula is C13H18N4O3S. The highest BCUT2D eigenvalue weighted by Crippen LogP contribution is 2.16. The van der Waals surface area contributed by atoms with E-state index in [9.17, 15) is 13.2 Å². The molecule has 1 atom stereocenters. The van der Waals surface area contributed by atoms with E-state index in [1.165, 1.54) is 4.40 Å². The Hall–Kier alpha value is -1.93. The minimum Gasteiger partial charge on any atom is -0.351 e. The summed E-state index contributed by atoms with van der Waals surface area (Å²) in [6, 6.07) is 5.04. The summed E-state index contributed by atoms with van der Waals surface area (Å²) in [4.78, 5) is 16.1. The predicted molar refractivity (Wildman–Crippen MR) is 78.9 cm³/mol. The van der Waals surface area contributed by atoms with Gasteiger partial charge in [0.1, 0.15) is 0 Å². The smallest absolute Gasteiger partial charge is 0.272 e.